The molecule has 12 aromatic carbocycles. The van der Waals surface area contributed by atoms with Crippen molar-refractivity contribution >= 4 is 122 Å². The van der Waals surface area contributed by atoms with Crippen molar-refractivity contribution in [3.8, 4) is 16.8 Å². The van der Waals surface area contributed by atoms with E-state index in [0.717, 1.165) is 94.9 Å². The molecule has 2 aromatic heterocycles. The van der Waals surface area contributed by atoms with Gasteiger partial charge in [-0.15, -0.1) is 0 Å². The molecule has 0 saturated carbocycles. The molecule has 4 nitrogen and oxygen atoms in total. The summed E-state index contributed by atoms with van der Waals surface area (Å²) in [6, 6.07) is 90.4. The molecule has 0 atom stereocenters. The molecule has 0 amide bonds. The Morgan fingerprint density at radius 2 is 1.05 bits per heavy atom. The van der Waals surface area contributed by atoms with Crippen LogP contribution in [0.3, 0.4) is 0 Å². The summed E-state index contributed by atoms with van der Waals surface area (Å²) >= 11 is 0. The third-order valence-corrected chi connectivity index (χ3v) is 14.9. The van der Waals surface area contributed by atoms with Gasteiger partial charge < -0.3 is 18.8 Å². The van der Waals surface area contributed by atoms with Crippen molar-refractivity contribution in [3.63, 3.8) is 0 Å². The molecule has 75 heavy (non-hydrogen) atoms. The number of anilines is 6. The molecule has 0 bridgehead atoms. The zero-order valence-electron chi connectivity index (χ0n) is 41.4. The fourth-order valence-electron chi connectivity index (χ4n) is 11.5. The van der Waals surface area contributed by atoms with Crippen molar-refractivity contribution in [2.45, 2.75) is 6.92 Å². The number of hydrogen-bond donors (Lipinski definition) is 0. The Morgan fingerprint density at radius 1 is 0.400 bits per heavy atom. The third-order valence-electron chi connectivity index (χ3n) is 14.9. The molecule has 0 aliphatic heterocycles. The predicted octanol–water partition coefficient (Wildman–Crippen LogP) is 20.4. The molecule has 2 heterocycles. The Labute approximate surface area is 435 Å². The van der Waals surface area contributed by atoms with Crippen molar-refractivity contribution in [1.29, 1.82) is 0 Å². The van der Waals surface area contributed by atoms with Gasteiger partial charge in [0.1, 0.15) is 5.58 Å². The highest BCUT2D eigenvalue weighted by Gasteiger charge is 2.25. The smallest absolute Gasteiger partial charge is 0.159 e. The second-order valence-corrected chi connectivity index (χ2v) is 19.3. The van der Waals surface area contributed by atoms with Gasteiger partial charge in [-0.2, -0.15) is 0 Å². The summed E-state index contributed by atoms with van der Waals surface area (Å²) < 4.78 is 9.31. The van der Waals surface area contributed by atoms with Gasteiger partial charge in [0, 0.05) is 60.8 Å². The van der Waals surface area contributed by atoms with Crippen LogP contribution in [0.4, 0.5) is 34.1 Å². The van der Waals surface area contributed by atoms with Crippen LogP contribution in [0.15, 0.2) is 266 Å². The number of furan rings is 1. The molecule has 0 N–H and O–H groups in total. The lowest BCUT2D eigenvalue weighted by Gasteiger charge is -2.31. The molecule has 0 saturated heterocycles. The first kappa shape index (κ1) is 43.9. The topological polar surface area (TPSA) is 24.6 Å². The number of rotatable bonds is 10. The molecule has 0 aliphatic rings. The zero-order valence-corrected chi connectivity index (χ0v) is 41.4. The van der Waals surface area contributed by atoms with Crippen LogP contribution >= 0.6 is 0 Å². The van der Waals surface area contributed by atoms with E-state index in [9.17, 15) is 0 Å². The maximum Gasteiger partial charge on any atom is 0.159 e. The van der Waals surface area contributed by atoms with Crippen LogP contribution in [0.2, 0.25) is 0 Å². The van der Waals surface area contributed by atoms with Crippen molar-refractivity contribution in [1.82, 2.24) is 4.57 Å². The molecule has 0 aliphatic carbocycles. The summed E-state index contributed by atoms with van der Waals surface area (Å²) in [7, 11) is 0. The minimum atomic E-state index is 0.829. The van der Waals surface area contributed by atoms with Gasteiger partial charge in [0.15, 0.2) is 5.58 Å². The lowest BCUT2D eigenvalue weighted by molar-refractivity contribution is 0.669. The fourth-order valence-corrected chi connectivity index (χ4v) is 11.5. The van der Waals surface area contributed by atoms with Crippen LogP contribution in [-0.2, 0) is 0 Å². The number of allylic oxidation sites excluding steroid dienone is 1. The Bertz CT molecular complexity index is 4590. The first-order valence-corrected chi connectivity index (χ1v) is 25.6. The van der Waals surface area contributed by atoms with E-state index in [1.807, 2.05) is 12.1 Å². The van der Waals surface area contributed by atoms with E-state index in [4.69, 9.17) is 4.42 Å². The van der Waals surface area contributed by atoms with Crippen LogP contribution in [-0.4, -0.2) is 4.57 Å². The van der Waals surface area contributed by atoms with Gasteiger partial charge in [0.05, 0.1) is 22.4 Å². The minimum Gasteiger partial charge on any atom is -0.454 e. The number of aromatic nitrogens is 1. The number of para-hydroxylation sites is 3. The molecular formula is C71H49N3O. The maximum atomic E-state index is 6.86. The van der Waals surface area contributed by atoms with Gasteiger partial charge in [-0.25, -0.2) is 0 Å². The second-order valence-electron chi connectivity index (χ2n) is 19.3. The van der Waals surface area contributed by atoms with Gasteiger partial charge >= 0.3 is 0 Å². The van der Waals surface area contributed by atoms with Crippen molar-refractivity contribution in [3.05, 3.63) is 273 Å². The highest BCUT2D eigenvalue weighted by atomic mass is 16.3. The average Bonchev–Trinajstić information content (AvgIpc) is 4.02. The molecule has 4 heteroatoms. The Balaban J connectivity index is 1.07. The standard InChI is InChI=1S/C71H49N3O/c1-3-18-51-41-57(37-33-47(51)4-2)74-67-40-36-53(45-65(67)63-39-35-50-21-11-13-27-61(50)70(63)74)54-43-58(72(55-24-6-5-7-25-55)68-31-17-29-64-62-28-14-15-32-69(62)75-71(64)68)46-59(44-54)73(56-38-34-48-19-8-9-22-52(48)42-56)66-30-16-23-49-20-10-12-26-60(49)66/h3-46H,2H2,1H3/b18-3-. The molecule has 0 unspecified atom stereocenters. The van der Waals surface area contributed by atoms with Gasteiger partial charge in [0.25, 0.3) is 0 Å². The molecule has 0 fully saturated rings. The van der Waals surface area contributed by atoms with Crippen LogP contribution in [0, 0.1) is 0 Å². The molecule has 14 rings (SSSR count). The van der Waals surface area contributed by atoms with Crippen LogP contribution in [0.1, 0.15) is 18.1 Å². The summed E-state index contributed by atoms with van der Waals surface area (Å²) in [4.78, 5) is 4.81. The van der Waals surface area contributed by atoms with E-state index in [1.165, 1.54) is 43.2 Å². The SMILES string of the molecule is C=Cc1ccc(-n2c3ccc(-c4cc(N(c5ccc6ccccc6c5)c5cccc6ccccc56)cc(N(c5ccccc5)c5cccc6c5oc5ccccc56)c4)cc3c3ccc4ccccc4c32)cc1/C=C\C. The Hall–Kier alpha value is -9.90. The summed E-state index contributed by atoms with van der Waals surface area (Å²) in [5, 5.41) is 11.6. The van der Waals surface area contributed by atoms with Crippen LogP contribution in [0.25, 0.3) is 105 Å². The van der Waals surface area contributed by atoms with E-state index < -0.39 is 0 Å². The van der Waals surface area contributed by atoms with Crippen LogP contribution < -0.4 is 9.80 Å². The quantitative estimate of drug-likeness (QED) is 0.137. The lowest BCUT2D eigenvalue weighted by Crippen LogP contribution is -2.14. The van der Waals surface area contributed by atoms with E-state index in [2.05, 4.69) is 283 Å². The molecule has 0 radical (unpaired) electrons. The largest absolute Gasteiger partial charge is 0.454 e. The summed E-state index contributed by atoms with van der Waals surface area (Å²) in [6.45, 7) is 6.21. The van der Waals surface area contributed by atoms with E-state index in [0.29, 0.717) is 0 Å². The second kappa shape index (κ2) is 18.0. The number of benzene rings is 12. The third kappa shape index (κ3) is 7.37. The van der Waals surface area contributed by atoms with Gasteiger partial charge in [0.2, 0.25) is 0 Å². The van der Waals surface area contributed by atoms with E-state index in [1.54, 1.807) is 0 Å². The normalized spacial score (nSPS) is 11.8. The van der Waals surface area contributed by atoms with E-state index in [-0.39, 0.29) is 0 Å². The maximum absolute atomic E-state index is 6.86. The highest BCUT2D eigenvalue weighted by Crippen LogP contribution is 2.48. The monoisotopic (exact) mass is 959 g/mol. The molecular weight excluding hydrogens is 911 g/mol. The van der Waals surface area contributed by atoms with Gasteiger partial charge in [-0.3, -0.25) is 0 Å². The number of nitrogens with zero attached hydrogens (tertiary/aromatic N) is 3. The summed E-state index contributed by atoms with van der Waals surface area (Å²) in [5.41, 5.74) is 15.6. The molecule has 354 valence electrons. The number of fused-ring (bicyclic) bond motifs is 10. The summed E-state index contributed by atoms with van der Waals surface area (Å²) in [5.74, 6) is 0. The lowest BCUT2D eigenvalue weighted by atomic mass is 9.98. The minimum absolute atomic E-state index is 0.829. The Kier molecular flexibility index (Phi) is 10.5. The van der Waals surface area contributed by atoms with Gasteiger partial charge in [-0.05, 0) is 136 Å². The van der Waals surface area contributed by atoms with Crippen LogP contribution in [0.5, 0.6) is 0 Å². The number of hydrogen-bond acceptors (Lipinski definition) is 3. The highest BCUT2D eigenvalue weighted by molar-refractivity contribution is 6.19. The van der Waals surface area contributed by atoms with Gasteiger partial charge in [-0.1, -0.05) is 189 Å². The van der Waals surface area contributed by atoms with Crippen molar-refractivity contribution in [2.24, 2.45) is 0 Å². The summed E-state index contributed by atoms with van der Waals surface area (Å²) in [6.07, 6.45) is 6.20. The van der Waals surface area contributed by atoms with Crippen molar-refractivity contribution < 1.29 is 4.42 Å². The molecule has 14 aromatic rings. The van der Waals surface area contributed by atoms with E-state index >= 15 is 0 Å². The molecule has 0 spiro atoms. The first-order valence-electron chi connectivity index (χ1n) is 25.6. The predicted molar refractivity (Wildman–Crippen MR) is 320 cm³/mol. The fraction of sp³-hybridized carbons (Fsp3) is 0.0141. The van der Waals surface area contributed by atoms with Crippen molar-refractivity contribution in [2.75, 3.05) is 9.80 Å². The first-order chi connectivity index (χ1) is 37.1. The zero-order chi connectivity index (χ0) is 50.0. The Morgan fingerprint density at radius 3 is 1.87 bits per heavy atom. The average molecular weight is 960 g/mol.